The van der Waals surface area contributed by atoms with Crippen molar-refractivity contribution in [3.63, 3.8) is 0 Å². The van der Waals surface area contributed by atoms with Gasteiger partial charge in [-0.15, -0.1) is 9.24 Å². The lowest BCUT2D eigenvalue weighted by Crippen LogP contribution is -2.41. The molecule has 1 N–H and O–H groups in total. The number of nitrogens with one attached hydrogen (secondary N) is 1. The number of rotatable bonds is 12. The van der Waals surface area contributed by atoms with Crippen molar-refractivity contribution in [1.29, 1.82) is 0 Å². The summed E-state index contributed by atoms with van der Waals surface area (Å²) in [4.78, 5) is 12.1. The van der Waals surface area contributed by atoms with Crippen LogP contribution < -0.4 is 19.5 Å². The number of benzene rings is 1. The average Bonchev–Trinajstić information content (AvgIpc) is 2.74. The zero-order chi connectivity index (χ0) is 22.5. The van der Waals surface area contributed by atoms with Gasteiger partial charge >= 0.3 is 5.97 Å². The van der Waals surface area contributed by atoms with Gasteiger partial charge < -0.3 is 29.0 Å². The summed E-state index contributed by atoms with van der Waals surface area (Å²) in [6, 6.07) is 3.56. The van der Waals surface area contributed by atoms with E-state index in [1.165, 1.54) is 59.2 Å². The standard InChI is InChI=1S/C23H38NO6P/c1-18-15-19(26-2)22(20(16-18)27-3)30-21(25)17-29-14-13-28-12-11-24-23(31)9-7-5-4-6-8-10-23/h15-16,24H,4-14,17,31H2,1-3H3. The normalized spacial score (nSPS) is 16.3. The molecule has 1 saturated carbocycles. The van der Waals surface area contributed by atoms with Crippen molar-refractivity contribution < 1.29 is 28.5 Å². The molecular weight excluding hydrogens is 417 g/mol. The predicted octanol–water partition coefficient (Wildman–Crippen LogP) is 3.86. The largest absolute Gasteiger partial charge is 0.493 e. The van der Waals surface area contributed by atoms with Gasteiger partial charge in [0.15, 0.2) is 11.5 Å². The van der Waals surface area contributed by atoms with Gasteiger partial charge in [-0.2, -0.15) is 0 Å². The highest BCUT2D eigenvalue weighted by Crippen LogP contribution is 2.38. The Morgan fingerprint density at radius 3 is 2.16 bits per heavy atom. The molecule has 1 unspecified atom stereocenters. The molecule has 2 rings (SSSR count). The zero-order valence-corrected chi connectivity index (χ0v) is 20.3. The second-order valence-corrected chi connectivity index (χ2v) is 9.09. The van der Waals surface area contributed by atoms with Gasteiger partial charge in [-0.1, -0.05) is 32.1 Å². The fraction of sp³-hybridized carbons (Fsp3) is 0.696. The smallest absolute Gasteiger partial charge is 0.337 e. The van der Waals surface area contributed by atoms with Crippen LogP contribution in [0.25, 0.3) is 0 Å². The van der Waals surface area contributed by atoms with E-state index in [0.717, 1.165) is 12.1 Å². The number of hydrogen-bond donors (Lipinski definition) is 1. The Hall–Kier alpha value is -1.40. The number of ether oxygens (including phenoxy) is 5. The zero-order valence-electron chi connectivity index (χ0n) is 19.2. The van der Waals surface area contributed by atoms with Crippen LogP contribution in [-0.2, 0) is 14.3 Å². The van der Waals surface area contributed by atoms with Crippen LogP contribution in [0.4, 0.5) is 0 Å². The molecule has 1 atom stereocenters. The van der Waals surface area contributed by atoms with Gasteiger partial charge in [-0.05, 0) is 37.5 Å². The summed E-state index contributed by atoms with van der Waals surface area (Å²) >= 11 is 0. The van der Waals surface area contributed by atoms with Crippen LogP contribution in [-0.4, -0.2) is 58.4 Å². The lowest BCUT2D eigenvalue weighted by atomic mass is 9.96. The third-order valence-corrected chi connectivity index (χ3v) is 6.16. The molecule has 176 valence electrons. The maximum atomic E-state index is 12.1. The SMILES string of the molecule is COc1cc(C)cc(OC)c1OC(=O)COCCOCCNC1(P)CCCCCCC1. The Morgan fingerprint density at radius 1 is 0.968 bits per heavy atom. The summed E-state index contributed by atoms with van der Waals surface area (Å²) in [6.07, 6.45) is 8.97. The number of carbonyl (C=O) groups excluding carboxylic acids is 1. The molecule has 8 heteroatoms. The van der Waals surface area contributed by atoms with Crippen LogP contribution >= 0.6 is 9.24 Å². The van der Waals surface area contributed by atoms with Gasteiger partial charge in [0.25, 0.3) is 0 Å². The van der Waals surface area contributed by atoms with Crippen LogP contribution in [0.15, 0.2) is 12.1 Å². The Morgan fingerprint density at radius 2 is 1.55 bits per heavy atom. The first-order chi connectivity index (χ1) is 15.0. The highest BCUT2D eigenvalue weighted by atomic mass is 31.0. The van der Waals surface area contributed by atoms with Crippen molar-refractivity contribution in [2.75, 3.05) is 47.2 Å². The fourth-order valence-corrected chi connectivity index (χ4v) is 4.27. The predicted molar refractivity (Wildman–Crippen MR) is 124 cm³/mol. The van der Waals surface area contributed by atoms with E-state index < -0.39 is 5.97 Å². The van der Waals surface area contributed by atoms with E-state index in [1.807, 2.05) is 6.92 Å². The molecule has 1 fully saturated rings. The molecule has 1 aromatic rings. The Kier molecular flexibility index (Phi) is 11.6. The van der Waals surface area contributed by atoms with Crippen molar-refractivity contribution in [3.05, 3.63) is 17.7 Å². The maximum Gasteiger partial charge on any atom is 0.337 e. The molecule has 0 spiro atoms. The van der Waals surface area contributed by atoms with Crippen molar-refractivity contribution in [2.45, 2.75) is 57.1 Å². The van der Waals surface area contributed by atoms with Crippen LogP contribution in [0.2, 0.25) is 0 Å². The maximum absolute atomic E-state index is 12.1. The molecule has 7 nitrogen and oxygen atoms in total. The summed E-state index contributed by atoms with van der Waals surface area (Å²) < 4.78 is 27.0. The quantitative estimate of drug-likeness (QED) is 0.222. The van der Waals surface area contributed by atoms with E-state index in [1.54, 1.807) is 12.1 Å². The lowest BCUT2D eigenvalue weighted by Gasteiger charge is -2.32. The molecule has 1 aromatic carbocycles. The van der Waals surface area contributed by atoms with Crippen LogP contribution in [0.1, 0.15) is 50.5 Å². The van der Waals surface area contributed by atoms with Crippen molar-refractivity contribution in [3.8, 4) is 17.2 Å². The molecule has 31 heavy (non-hydrogen) atoms. The van der Waals surface area contributed by atoms with E-state index in [0.29, 0.717) is 31.3 Å². The highest BCUT2D eigenvalue weighted by molar-refractivity contribution is 7.18. The van der Waals surface area contributed by atoms with E-state index in [-0.39, 0.29) is 17.6 Å². The molecule has 0 saturated heterocycles. The van der Waals surface area contributed by atoms with E-state index in [4.69, 9.17) is 23.7 Å². The van der Waals surface area contributed by atoms with E-state index in [2.05, 4.69) is 14.6 Å². The number of methoxy groups -OCH3 is 2. The van der Waals surface area contributed by atoms with E-state index >= 15 is 0 Å². The van der Waals surface area contributed by atoms with Gasteiger partial charge in [-0.3, -0.25) is 0 Å². The third kappa shape index (κ3) is 9.32. The molecule has 0 amide bonds. The van der Waals surface area contributed by atoms with Gasteiger partial charge in [-0.25, -0.2) is 4.79 Å². The number of carbonyl (C=O) groups is 1. The molecule has 1 aliphatic carbocycles. The first-order valence-electron chi connectivity index (χ1n) is 11.1. The number of esters is 1. The molecule has 0 aliphatic heterocycles. The first-order valence-corrected chi connectivity index (χ1v) is 11.7. The van der Waals surface area contributed by atoms with Crippen molar-refractivity contribution in [1.82, 2.24) is 5.32 Å². The molecular formula is C23H38NO6P. The molecule has 1 aliphatic rings. The van der Waals surface area contributed by atoms with Gasteiger partial charge in [0.2, 0.25) is 5.75 Å². The fourth-order valence-electron chi connectivity index (χ4n) is 3.72. The minimum atomic E-state index is -0.517. The number of aryl methyl sites for hydroxylation is 1. The minimum Gasteiger partial charge on any atom is -0.493 e. The summed E-state index contributed by atoms with van der Waals surface area (Å²) in [6.45, 7) is 3.91. The third-order valence-electron chi connectivity index (χ3n) is 5.38. The number of hydrogen-bond acceptors (Lipinski definition) is 7. The van der Waals surface area contributed by atoms with Crippen LogP contribution in [0, 0.1) is 6.92 Å². The van der Waals surface area contributed by atoms with Crippen molar-refractivity contribution in [2.24, 2.45) is 0 Å². The Bertz CT molecular complexity index is 651. The van der Waals surface area contributed by atoms with Crippen molar-refractivity contribution >= 4 is 15.2 Å². The van der Waals surface area contributed by atoms with Gasteiger partial charge in [0.1, 0.15) is 6.61 Å². The Balaban J connectivity index is 1.60. The topological polar surface area (TPSA) is 75.3 Å². The summed E-state index contributed by atoms with van der Waals surface area (Å²) in [7, 11) is 6.05. The average molecular weight is 456 g/mol. The summed E-state index contributed by atoms with van der Waals surface area (Å²) in [5.41, 5.74) is 0.943. The monoisotopic (exact) mass is 455 g/mol. The lowest BCUT2D eigenvalue weighted by molar-refractivity contribution is -0.140. The summed E-state index contributed by atoms with van der Waals surface area (Å²) in [5, 5.41) is 3.77. The van der Waals surface area contributed by atoms with Gasteiger partial charge in [0, 0.05) is 11.8 Å². The molecule has 0 heterocycles. The van der Waals surface area contributed by atoms with E-state index in [9.17, 15) is 4.79 Å². The molecule has 0 bridgehead atoms. The Labute approximate surface area is 188 Å². The first kappa shape index (κ1) is 25.9. The molecule has 0 aromatic heterocycles. The second-order valence-electron chi connectivity index (χ2n) is 7.99. The van der Waals surface area contributed by atoms with Crippen LogP contribution in [0.5, 0.6) is 17.2 Å². The second kappa shape index (κ2) is 13.9. The van der Waals surface area contributed by atoms with Gasteiger partial charge in [0.05, 0.1) is 34.0 Å². The minimum absolute atomic E-state index is 0.141. The highest BCUT2D eigenvalue weighted by Gasteiger charge is 2.23. The summed E-state index contributed by atoms with van der Waals surface area (Å²) in [5.74, 6) is 0.623. The van der Waals surface area contributed by atoms with Crippen LogP contribution in [0.3, 0.4) is 0 Å². The molecule has 0 radical (unpaired) electrons.